The van der Waals surface area contributed by atoms with Crippen LogP contribution in [0.25, 0.3) is 10.8 Å². The summed E-state index contributed by atoms with van der Waals surface area (Å²) in [7, 11) is 0. The first kappa shape index (κ1) is 19.9. The maximum Gasteiger partial charge on any atom is 0.255 e. The SMILES string of the molecule is C[C@H](N)C1(c2ccc(F)cc2)CCC(Oc2cc3cc[nH]c(=O)c3cc2Cl)CC1. The maximum atomic E-state index is 13.4. The quantitative estimate of drug-likeness (QED) is 0.636. The fourth-order valence-corrected chi connectivity index (χ4v) is 4.68. The zero-order chi connectivity index (χ0) is 20.6. The molecule has 3 aromatic rings. The Morgan fingerprint density at radius 1 is 1.21 bits per heavy atom. The predicted molar refractivity (Wildman–Crippen MR) is 114 cm³/mol. The first-order valence-electron chi connectivity index (χ1n) is 9.88. The van der Waals surface area contributed by atoms with Gasteiger partial charge < -0.3 is 15.5 Å². The van der Waals surface area contributed by atoms with Crippen molar-refractivity contribution < 1.29 is 9.13 Å². The fourth-order valence-electron chi connectivity index (χ4n) is 4.47. The highest BCUT2D eigenvalue weighted by Crippen LogP contribution is 2.43. The van der Waals surface area contributed by atoms with Crippen LogP contribution in [-0.2, 0) is 5.41 Å². The highest BCUT2D eigenvalue weighted by molar-refractivity contribution is 6.32. The number of benzene rings is 2. The Kier molecular flexibility index (Phi) is 5.36. The number of ether oxygens (including phenoxy) is 1. The van der Waals surface area contributed by atoms with Crippen LogP contribution < -0.4 is 16.0 Å². The Labute approximate surface area is 173 Å². The Hall–Kier alpha value is -2.37. The van der Waals surface area contributed by atoms with Crippen molar-refractivity contribution >= 4 is 22.4 Å². The number of aromatic nitrogens is 1. The molecule has 4 rings (SSSR count). The number of nitrogens with two attached hydrogens (primary N) is 1. The molecular weight excluding hydrogens is 391 g/mol. The Balaban J connectivity index is 1.53. The van der Waals surface area contributed by atoms with Gasteiger partial charge >= 0.3 is 0 Å². The van der Waals surface area contributed by atoms with Crippen molar-refractivity contribution in [2.24, 2.45) is 5.73 Å². The summed E-state index contributed by atoms with van der Waals surface area (Å²) in [5.41, 5.74) is 7.10. The molecule has 1 aromatic heterocycles. The minimum absolute atomic E-state index is 0.0132. The molecule has 1 aliphatic rings. The average molecular weight is 415 g/mol. The van der Waals surface area contributed by atoms with Gasteiger partial charge in [-0.1, -0.05) is 23.7 Å². The molecule has 1 saturated carbocycles. The van der Waals surface area contributed by atoms with Gasteiger partial charge in [0.15, 0.2) is 0 Å². The summed E-state index contributed by atoms with van der Waals surface area (Å²) in [6.45, 7) is 2.02. The zero-order valence-corrected chi connectivity index (χ0v) is 17.0. The van der Waals surface area contributed by atoms with Crippen molar-refractivity contribution in [2.75, 3.05) is 0 Å². The normalized spacial score (nSPS) is 23.1. The third kappa shape index (κ3) is 3.77. The minimum Gasteiger partial charge on any atom is -0.489 e. The predicted octanol–water partition coefficient (Wildman–Crippen LogP) is 4.93. The van der Waals surface area contributed by atoms with Gasteiger partial charge in [-0.05, 0) is 73.9 Å². The van der Waals surface area contributed by atoms with Crippen molar-refractivity contribution in [3.8, 4) is 5.75 Å². The van der Waals surface area contributed by atoms with Crippen molar-refractivity contribution in [1.29, 1.82) is 0 Å². The van der Waals surface area contributed by atoms with Crippen LogP contribution in [0, 0.1) is 5.82 Å². The fraction of sp³-hybridized carbons (Fsp3) is 0.348. The summed E-state index contributed by atoms with van der Waals surface area (Å²) in [4.78, 5) is 14.6. The number of H-pyrrole nitrogens is 1. The van der Waals surface area contributed by atoms with E-state index in [-0.39, 0.29) is 28.9 Å². The van der Waals surface area contributed by atoms with E-state index in [1.807, 2.05) is 31.2 Å². The first-order chi connectivity index (χ1) is 13.9. The molecule has 152 valence electrons. The van der Waals surface area contributed by atoms with Crippen LogP contribution in [0.1, 0.15) is 38.2 Å². The molecule has 4 nitrogen and oxygen atoms in total. The van der Waals surface area contributed by atoms with E-state index in [0.717, 1.165) is 36.6 Å². The van der Waals surface area contributed by atoms with Crippen LogP contribution in [0.5, 0.6) is 5.75 Å². The molecule has 1 heterocycles. The van der Waals surface area contributed by atoms with Crippen molar-refractivity contribution in [3.05, 3.63) is 75.4 Å². The summed E-state index contributed by atoms with van der Waals surface area (Å²) in [5, 5.41) is 1.76. The molecule has 0 aliphatic heterocycles. The van der Waals surface area contributed by atoms with Gasteiger partial charge in [0.05, 0.1) is 11.1 Å². The van der Waals surface area contributed by atoms with E-state index < -0.39 is 0 Å². The third-order valence-electron chi connectivity index (χ3n) is 6.24. The van der Waals surface area contributed by atoms with Crippen molar-refractivity contribution in [2.45, 2.75) is 50.2 Å². The van der Waals surface area contributed by atoms with Crippen LogP contribution in [0.3, 0.4) is 0 Å². The van der Waals surface area contributed by atoms with E-state index >= 15 is 0 Å². The Morgan fingerprint density at radius 2 is 1.90 bits per heavy atom. The molecule has 0 unspecified atom stereocenters. The summed E-state index contributed by atoms with van der Waals surface area (Å²) in [6, 6.07) is 11.9. The van der Waals surface area contributed by atoms with E-state index in [1.165, 1.54) is 12.1 Å². The molecule has 1 aliphatic carbocycles. The number of fused-ring (bicyclic) bond motifs is 1. The van der Waals surface area contributed by atoms with Gasteiger partial charge in [-0.15, -0.1) is 0 Å². The lowest BCUT2D eigenvalue weighted by Crippen LogP contribution is -2.47. The molecule has 6 heteroatoms. The van der Waals surface area contributed by atoms with E-state index in [4.69, 9.17) is 22.1 Å². The standard InChI is InChI=1S/C23H24ClFN2O2/c1-14(26)23(16-2-4-17(25)5-3-16)9-6-18(7-10-23)29-21-12-15-8-11-27-22(28)19(15)13-20(21)24/h2-5,8,11-14,18H,6-7,9-10,26H2,1H3,(H,27,28)/t14-,18?,23?/m0/s1. The Bertz CT molecular complexity index is 1070. The molecular formula is C23H24ClFN2O2. The van der Waals surface area contributed by atoms with E-state index in [0.29, 0.717) is 16.2 Å². The van der Waals surface area contributed by atoms with Gasteiger partial charge in [-0.25, -0.2) is 4.39 Å². The van der Waals surface area contributed by atoms with Gasteiger partial charge in [-0.3, -0.25) is 4.79 Å². The number of rotatable bonds is 4. The van der Waals surface area contributed by atoms with Gasteiger partial charge in [0.25, 0.3) is 5.56 Å². The second-order valence-electron chi connectivity index (χ2n) is 7.95. The largest absolute Gasteiger partial charge is 0.489 e. The Morgan fingerprint density at radius 3 is 2.55 bits per heavy atom. The van der Waals surface area contributed by atoms with E-state index in [2.05, 4.69) is 4.98 Å². The highest BCUT2D eigenvalue weighted by atomic mass is 35.5. The molecule has 0 amide bonds. The summed E-state index contributed by atoms with van der Waals surface area (Å²) >= 11 is 6.38. The molecule has 3 N–H and O–H groups in total. The molecule has 0 radical (unpaired) electrons. The number of hydrogen-bond donors (Lipinski definition) is 2. The van der Waals surface area contributed by atoms with Crippen molar-refractivity contribution in [3.63, 3.8) is 0 Å². The topological polar surface area (TPSA) is 68.1 Å². The molecule has 0 spiro atoms. The second kappa shape index (κ2) is 7.81. The summed E-state index contributed by atoms with van der Waals surface area (Å²) < 4.78 is 19.6. The van der Waals surface area contributed by atoms with Crippen LogP contribution >= 0.6 is 11.6 Å². The molecule has 0 bridgehead atoms. The molecule has 1 fully saturated rings. The minimum atomic E-state index is -0.240. The zero-order valence-electron chi connectivity index (χ0n) is 16.3. The molecule has 1 atom stereocenters. The maximum absolute atomic E-state index is 13.4. The van der Waals surface area contributed by atoms with Gasteiger partial charge in [0, 0.05) is 23.0 Å². The van der Waals surface area contributed by atoms with Crippen molar-refractivity contribution in [1.82, 2.24) is 4.98 Å². The van der Waals surface area contributed by atoms with Crippen LogP contribution in [0.15, 0.2) is 53.5 Å². The molecule has 2 aromatic carbocycles. The lowest BCUT2D eigenvalue weighted by atomic mass is 9.65. The van der Waals surface area contributed by atoms with Gasteiger partial charge in [0.2, 0.25) is 0 Å². The van der Waals surface area contributed by atoms with E-state index in [9.17, 15) is 9.18 Å². The number of hydrogen-bond acceptors (Lipinski definition) is 3. The summed E-state index contributed by atoms with van der Waals surface area (Å²) in [5.74, 6) is 0.347. The second-order valence-corrected chi connectivity index (χ2v) is 8.35. The molecule has 0 saturated heterocycles. The van der Waals surface area contributed by atoms with E-state index in [1.54, 1.807) is 12.3 Å². The number of halogens is 2. The van der Waals surface area contributed by atoms with Gasteiger partial charge in [-0.2, -0.15) is 0 Å². The number of aromatic amines is 1. The van der Waals surface area contributed by atoms with Crippen LogP contribution in [-0.4, -0.2) is 17.1 Å². The molecule has 29 heavy (non-hydrogen) atoms. The average Bonchev–Trinajstić information content (AvgIpc) is 2.70. The highest BCUT2D eigenvalue weighted by Gasteiger charge is 2.40. The smallest absolute Gasteiger partial charge is 0.255 e. The lowest BCUT2D eigenvalue weighted by Gasteiger charge is -2.43. The van der Waals surface area contributed by atoms with Crippen LogP contribution in [0.4, 0.5) is 4.39 Å². The number of nitrogens with one attached hydrogen (secondary N) is 1. The first-order valence-corrected chi connectivity index (χ1v) is 10.3. The van der Waals surface area contributed by atoms with Crippen LogP contribution in [0.2, 0.25) is 5.02 Å². The lowest BCUT2D eigenvalue weighted by molar-refractivity contribution is 0.107. The summed E-state index contributed by atoms with van der Waals surface area (Å²) in [6.07, 6.45) is 4.98. The number of pyridine rings is 1. The monoisotopic (exact) mass is 414 g/mol. The third-order valence-corrected chi connectivity index (χ3v) is 6.53. The van der Waals surface area contributed by atoms with Gasteiger partial charge in [0.1, 0.15) is 11.6 Å².